The maximum absolute atomic E-state index is 12.3. The molecule has 2 saturated heterocycles. The number of methoxy groups -OCH3 is 2. The SMILES string of the molecule is C#CC1(O)C(=O)N(C)C2CC21.COC(=O)c1nn(-c2cccc(Br)c2)c2ncccc12.COC(=O)c1nn(-c2cccc(C#CC3(O)C(=O)N(C)C4CC43)c2)c2ncccc12. The zero-order valence-electron chi connectivity index (χ0n) is 33.2. The van der Waals surface area contributed by atoms with E-state index >= 15 is 0 Å². The number of hydrogen-bond acceptors (Lipinski definition) is 12. The summed E-state index contributed by atoms with van der Waals surface area (Å²) in [6.45, 7) is 0. The van der Waals surface area contributed by atoms with E-state index in [2.05, 4.69) is 53.9 Å². The van der Waals surface area contributed by atoms with Gasteiger partial charge in [0.2, 0.25) is 11.2 Å². The van der Waals surface area contributed by atoms with Crippen molar-refractivity contribution in [2.45, 2.75) is 36.1 Å². The van der Waals surface area contributed by atoms with Gasteiger partial charge in [-0.3, -0.25) is 9.59 Å². The number of likely N-dealkylation sites (tertiary alicyclic amines) is 2. The molecule has 6 unspecified atom stereocenters. The molecule has 0 radical (unpaired) electrons. The monoisotopic (exact) mass is 884 g/mol. The molecule has 2 amide bonds. The van der Waals surface area contributed by atoms with Crippen LogP contribution in [0.5, 0.6) is 0 Å². The molecule has 4 aromatic heterocycles. The molecule has 6 heterocycles. The van der Waals surface area contributed by atoms with Gasteiger partial charge in [-0.05, 0) is 73.5 Å². The van der Waals surface area contributed by atoms with Crippen LogP contribution in [0.25, 0.3) is 33.4 Å². The molecule has 17 heteroatoms. The number of piperidine rings is 2. The van der Waals surface area contributed by atoms with Crippen LogP contribution < -0.4 is 0 Å². The molecule has 4 fully saturated rings. The molecular weight excluding hydrogens is 848 g/mol. The second-order valence-electron chi connectivity index (χ2n) is 14.9. The third kappa shape index (κ3) is 7.06. The summed E-state index contributed by atoms with van der Waals surface area (Å²) in [6.07, 6.45) is 10.00. The number of benzene rings is 2. The van der Waals surface area contributed by atoms with Crippen molar-refractivity contribution in [1.82, 2.24) is 39.3 Å². The lowest BCUT2D eigenvalue weighted by Crippen LogP contribution is -2.41. The minimum atomic E-state index is -1.63. The molecule has 61 heavy (non-hydrogen) atoms. The van der Waals surface area contributed by atoms with Gasteiger partial charge in [0.05, 0.1) is 36.4 Å². The molecule has 2 aliphatic heterocycles. The number of rotatable bonds is 4. The Kier molecular flexibility index (Phi) is 10.4. The van der Waals surface area contributed by atoms with Gasteiger partial charge in [0.15, 0.2) is 22.7 Å². The van der Waals surface area contributed by atoms with Gasteiger partial charge >= 0.3 is 11.9 Å². The third-order valence-electron chi connectivity index (χ3n) is 11.3. The fourth-order valence-corrected chi connectivity index (χ4v) is 8.22. The summed E-state index contributed by atoms with van der Waals surface area (Å²) < 4.78 is 13.7. The third-order valence-corrected chi connectivity index (χ3v) is 11.8. The van der Waals surface area contributed by atoms with E-state index in [0.29, 0.717) is 33.3 Å². The molecule has 4 aliphatic rings. The summed E-state index contributed by atoms with van der Waals surface area (Å²) in [5, 5.41) is 30.4. The standard InChI is InChI=1S/C22H18N4O4.C14H10BrN3O2.C8H9NO2/c1-25-17-12-16(17)22(29,21(25)28)9-8-13-5-3-6-14(11-13)26-19-15(7-4-10-23-19)18(24-26)20(27)30-2;1-20-14(19)12-11-6-3-7-16-13(11)18(17-12)10-5-2-4-9(15)8-10;1-3-8(11)5-4-6(5)9(2)7(8)10/h3-7,10-11,16-17,29H,12H2,1-2H3;2-8H,1H3;1,5-6,11H,4H2,2H3. The highest BCUT2D eigenvalue weighted by Gasteiger charge is 2.66. The van der Waals surface area contributed by atoms with E-state index in [1.54, 1.807) is 88.1 Å². The highest BCUT2D eigenvalue weighted by molar-refractivity contribution is 9.10. The normalized spacial score (nSPS) is 24.0. The van der Waals surface area contributed by atoms with Gasteiger partial charge < -0.3 is 29.5 Å². The number of ether oxygens (including phenoxy) is 2. The number of pyridine rings is 2. The van der Waals surface area contributed by atoms with E-state index in [1.807, 2.05) is 30.3 Å². The van der Waals surface area contributed by atoms with Crippen molar-refractivity contribution >= 4 is 61.7 Å². The Bertz CT molecular complexity index is 2890. The first kappa shape index (κ1) is 40.8. The molecule has 10 rings (SSSR count). The van der Waals surface area contributed by atoms with Gasteiger partial charge in [-0.25, -0.2) is 28.9 Å². The predicted octanol–water partition coefficient (Wildman–Crippen LogP) is 3.33. The average molecular weight is 886 g/mol. The first-order valence-electron chi connectivity index (χ1n) is 19.0. The Balaban J connectivity index is 0.000000142. The van der Waals surface area contributed by atoms with Crippen LogP contribution in [-0.4, -0.2) is 125 Å². The van der Waals surface area contributed by atoms with Crippen LogP contribution >= 0.6 is 15.9 Å². The molecule has 2 saturated carbocycles. The Morgan fingerprint density at radius 1 is 0.754 bits per heavy atom. The minimum absolute atomic E-state index is 0.00926. The molecular formula is C44H37BrN8O8. The Hall–Kier alpha value is -6.92. The lowest BCUT2D eigenvalue weighted by Gasteiger charge is -2.18. The van der Waals surface area contributed by atoms with Crippen LogP contribution in [0.3, 0.4) is 0 Å². The highest BCUT2D eigenvalue weighted by Crippen LogP contribution is 2.51. The number of hydrogen-bond donors (Lipinski definition) is 2. The van der Waals surface area contributed by atoms with Crippen LogP contribution in [0.15, 0.2) is 89.7 Å². The molecule has 0 spiro atoms. The largest absolute Gasteiger partial charge is 0.464 e. The van der Waals surface area contributed by atoms with Crippen LogP contribution in [0, 0.1) is 36.0 Å². The number of terminal acetylenes is 1. The minimum Gasteiger partial charge on any atom is -0.464 e. The molecule has 2 aromatic carbocycles. The zero-order chi connectivity index (χ0) is 43.4. The first-order valence-corrected chi connectivity index (χ1v) is 19.8. The lowest BCUT2D eigenvalue weighted by molar-refractivity contribution is -0.141. The van der Waals surface area contributed by atoms with Crippen LogP contribution in [0.1, 0.15) is 39.4 Å². The van der Waals surface area contributed by atoms with E-state index < -0.39 is 23.1 Å². The average Bonchev–Trinajstić information content (AvgIpc) is 4.18. The van der Waals surface area contributed by atoms with E-state index in [9.17, 15) is 29.4 Å². The van der Waals surface area contributed by atoms with Gasteiger partial charge in [-0.15, -0.1) is 6.42 Å². The fourth-order valence-electron chi connectivity index (χ4n) is 7.84. The molecule has 0 bridgehead atoms. The van der Waals surface area contributed by atoms with Gasteiger partial charge in [0, 0.05) is 60.4 Å². The second-order valence-corrected chi connectivity index (χ2v) is 15.8. The number of aromatic nitrogens is 6. The second kappa shape index (κ2) is 15.6. The molecule has 6 aromatic rings. The number of carbonyl (C=O) groups is 4. The van der Waals surface area contributed by atoms with Crippen molar-refractivity contribution in [2.24, 2.45) is 11.8 Å². The first-order chi connectivity index (χ1) is 29.2. The molecule has 2 N–H and O–H groups in total. The summed E-state index contributed by atoms with van der Waals surface area (Å²) in [5.41, 5.74) is 0.513. The Labute approximate surface area is 357 Å². The van der Waals surface area contributed by atoms with E-state index in [-0.39, 0.29) is 47.1 Å². The fraction of sp³-hybridized carbons (Fsp3) is 0.273. The number of halogens is 1. The maximum Gasteiger partial charge on any atom is 0.359 e. The quantitative estimate of drug-likeness (QED) is 0.194. The van der Waals surface area contributed by atoms with Crippen molar-refractivity contribution in [1.29, 1.82) is 0 Å². The smallest absolute Gasteiger partial charge is 0.359 e. The molecule has 2 aliphatic carbocycles. The summed E-state index contributed by atoms with van der Waals surface area (Å²) in [4.78, 5) is 59.2. The van der Waals surface area contributed by atoms with Gasteiger partial charge in [0.25, 0.3) is 11.8 Å². The van der Waals surface area contributed by atoms with Crippen molar-refractivity contribution in [2.75, 3.05) is 28.3 Å². The Morgan fingerprint density at radius 2 is 1.25 bits per heavy atom. The number of nitrogens with zero attached hydrogens (tertiary/aromatic N) is 8. The van der Waals surface area contributed by atoms with Crippen molar-refractivity contribution in [3.63, 3.8) is 0 Å². The van der Waals surface area contributed by atoms with E-state index in [4.69, 9.17) is 15.9 Å². The van der Waals surface area contributed by atoms with Crippen molar-refractivity contribution < 1.29 is 38.9 Å². The number of fused-ring (bicyclic) bond motifs is 4. The highest BCUT2D eigenvalue weighted by atomic mass is 79.9. The van der Waals surface area contributed by atoms with Crippen molar-refractivity contribution in [3.8, 4) is 35.6 Å². The van der Waals surface area contributed by atoms with E-state index in [0.717, 1.165) is 23.0 Å². The Morgan fingerprint density at radius 3 is 1.69 bits per heavy atom. The number of likely N-dealkylation sites (N-methyl/N-ethyl adjacent to an activating group) is 2. The molecule has 16 nitrogen and oxygen atoms in total. The molecule has 308 valence electrons. The number of aliphatic hydroxyl groups is 2. The summed E-state index contributed by atoms with van der Waals surface area (Å²) in [5.74, 6) is 6.07. The van der Waals surface area contributed by atoms with Crippen LogP contribution in [0.2, 0.25) is 0 Å². The summed E-state index contributed by atoms with van der Waals surface area (Å²) >= 11 is 3.42. The van der Waals surface area contributed by atoms with Crippen LogP contribution in [-0.2, 0) is 19.1 Å². The topological polar surface area (TPSA) is 195 Å². The summed E-state index contributed by atoms with van der Waals surface area (Å²) in [7, 11) is 6.02. The van der Waals surface area contributed by atoms with Gasteiger partial charge in [-0.2, -0.15) is 10.2 Å². The van der Waals surface area contributed by atoms with Gasteiger partial charge in [0.1, 0.15) is 0 Å². The van der Waals surface area contributed by atoms with Crippen molar-refractivity contribution in [3.05, 3.63) is 107 Å². The number of esters is 2. The summed E-state index contributed by atoms with van der Waals surface area (Å²) in [6, 6.07) is 22.1. The lowest BCUT2D eigenvalue weighted by atomic mass is 9.99. The van der Waals surface area contributed by atoms with Crippen LogP contribution in [0.4, 0.5) is 0 Å². The molecule has 6 atom stereocenters. The van der Waals surface area contributed by atoms with Gasteiger partial charge in [-0.1, -0.05) is 45.8 Å². The van der Waals surface area contributed by atoms with E-state index in [1.165, 1.54) is 14.2 Å². The number of amides is 2. The zero-order valence-corrected chi connectivity index (χ0v) is 34.8. The predicted molar refractivity (Wildman–Crippen MR) is 223 cm³/mol. The maximum atomic E-state index is 12.3. The number of carbonyl (C=O) groups excluding carboxylic acids is 4.